The molecule has 0 saturated carbocycles. The van der Waals surface area contributed by atoms with E-state index in [4.69, 9.17) is 4.74 Å². The molecule has 0 spiro atoms. The minimum atomic E-state index is -1.28. The second kappa shape index (κ2) is 2.72. The normalized spacial score (nSPS) is 19.5. The predicted octanol–water partition coefficient (Wildman–Crippen LogP) is 1.63. The van der Waals surface area contributed by atoms with Crippen LogP contribution in [0.5, 0.6) is 0 Å². The number of benzene rings is 1. The fourth-order valence-corrected chi connectivity index (χ4v) is 2.29. The third-order valence-electron chi connectivity index (χ3n) is 1.73. The Bertz CT molecular complexity index is 296. The second-order valence-electron chi connectivity index (χ2n) is 2.48. The Morgan fingerprint density at radius 2 is 2.18 bits per heavy atom. The summed E-state index contributed by atoms with van der Waals surface area (Å²) in [6.07, 6.45) is 0.381. The van der Waals surface area contributed by atoms with Crippen molar-refractivity contribution in [2.75, 3.05) is 6.35 Å². The zero-order chi connectivity index (χ0) is 7.68. The lowest BCUT2D eigenvalue weighted by atomic mass is 10.2. The van der Waals surface area contributed by atoms with Crippen LogP contribution in [0, 0.1) is 0 Å². The summed E-state index contributed by atoms with van der Waals surface area (Å²) in [5.74, 6) is 0. The van der Waals surface area contributed by atoms with E-state index in [1.54, 1.807) is 0 Å². The first-order chi connectivity index (χ1) is 5.38. The van der Waals surface area contributed by atoms with Crippen molar-refractivity contribution in [1.82, 2.24) is 0 Å². The molecule has 0 aliphatic carbocycles. The summed E-state index contributed by atoms with van der Waals surface area (Å²) in [4.78, 5) is 0. The molecule has 1 aliphatic rings. The monoisotopic (exact) mass is 167 g/mol. The van der Waals surface area contributed by atoms with Crippen molar-refractivity contribution in [1.29, 1.82) is 0 Å². The summed E-state index contributed by atoms with van der Waals surface area (Å²) in [6, 6.07) is 7.73. The van der Waals surface area contributed by atoms with Crippen LogP contribution < -0.4 is 5.30 Å². The molecule has 1 unspecified atom stereocenters. The SMILES string of the molecule is O=[P+]1COCc2ccccc21. The molecular weight excluding hydrogens is 159 g/mol. The molecule has 1 aliphatic heterocycles. The van der Waals surface area contributed by atoms with Crippen molar-refractivity contribution in [3.63, 3.8) is 0 Å². The molecule has 0 aromatic heterocycles. The van der Waals surface area contributed by atoms with E-state index in [0.717, 1.165) is 10.9 Å². The van der Waals surface area contributed by atoms with Crippen LogP contribution in [0.25, 0.3) is 0 Å². The fourth-order valence-electron chi connectivity index (χ4n) is 1.18. The Balaban J connectivity index is 2.52. The molecule has 2 rings (SSSR count). The van der Waals surface area contributed by atoms with Gasteiger partial charge in [0, 0.05) is 5.56 Å². The maximum atomic E-state index is 11.3. The lowest BCUT2D eigenvalue weighted by Gasteiger charge is -2.05. The maximum Gasteiger partial charge on any atom is 0.405 e. The van der Waals surface area contributed by atoms with Crippen LogP contribution in [0.3, 0.4) is 0 Å². The van der Waals surface area contributed by atoms with Gasteiger partial charge >= 0.3 is 7.80 Å². The number of rotatable bonds is 0. The Morgan fingerprint density at radius 1 is 1.36 bits per heavy atom. The van der Waals surface area contributed by atoms with Gasteiger partial charge in [0.2, 0.25) is 0 Å². The Hall–Kier alpha value is -0.720. The zero-order valence-electron chi connectivity index (χ0n) is 5.99. The summed E-state index contributed by atoms with van der Waals surface area (Å²) in [5.41, 5.74) is 1.07. The van der Waals surface area contributed by atoms with Gasteiger partial charge in [-0.2, -0.15) is 0 Å². The lowest BCUT2D eigenvalue weighted by molar-refractivity contribution is 0.161. The molecule has 0 radical (unpaired) electrons. The summed E-state index contributed by atoms with van der Waals surface area (Å²) in [5, 5.41) is 0.966. The van der Waals surface area contributed by atoms with Gasteiger partial charge in [-0.3, -0.25) is 0 Å². The van der Waals surface area contributed by atoms with E-state index in [0.29, 0.717) is 13.0 Å². The smallest absolute Gasteiger partial charge is 0.332 e. The highest BCUT2D eigenvalue weighted by molar-refractivity contribution is 7.53. The van der Waals surface area contributed by atoms with Crippen LogP contribution in [0.1, 0.15) is 5.56 Å². The maximum absolute atomic E-state index is 11.3. The summed E-state index contributed by atoms with van der Waals surface area (Å²) in [6.45, 7) is 0.608. The molecule has 1 aromatic rings. The van der Waals surface area contributed by atoms with Crippen LogP contribution >= 0.6 is 7.80 Å². The molecular formula is C8H8O2P+. The molecule has 3 heteroatoms. The minimum absolute atomic E-state index is 0.381. The quantitative estimate of drug-likeness (QED) is 0.549. The Kier molecular flexibility index (Phi) is 1.72. The van der Waals surface area contributed by atoms with Gasteiger partial charge in [-0.15, -0.1) is 0 Å². The van der Waals surface area contributed by atoms with Crippen molar-refractivity contribution in [3.05, 3.63) is 29.8 Å². The van der Waals surface area contributed by atoms with Gasteiger partial charge in [0.25, 0.3) is 6.35 Å². The Morgan fingerprint density at radius 3 is 3.00 bits per heavy atom. The van der Waals surface area contributed by atoms with E-state index in [-0.39, 0.29) is 0 Å². The largest absolute Gasteiger partial charge is 0.405 e. The average molecular weight is 167 g/mol. The van der Waals surface area contributed by atoms with Gasteiger partial charge in [-0.25, -0.2) is 0 Å². The van der Waals surface area contributed by atoms with Gasteiger partial charge in [-0.1, -0.05) is 22.8 Å². The molecule has 0 saturated heterocycles. The second-order valence-corrected chi connectivity index (χ2v) is 3.98. The standard InChI is InChI=1S/C8H8O2P/c9-11-6-10-5-7-3-1-2-4-8(7)11/h1-4H,5-6H2/q+1. The third kappa shape index (κ3) is 1.20. The van der Waals surface area contributed by atoms with E-state index in [9.17, 15) is 4.57 Å². The first kappa shape index (κ1) is 6.96. The summed E-state index contributed by atoms with van der Waals surface area (Å²) < 4.78 is 16.4. The molecule has 1 atom stereocenters. The molecule has 2 nitrogen and oxygen atoms in total. The highest BCUT2D eigenvalue weighted by Crippen LogP contribution is 2.26. The van der Waals surface area contributed by atoms with Crippen LogP contribution in [0.15, 0.2) is 24.3 Å². The highest BCUT2D eigenvalue weighted by atomic mass is 31.1. The molecule has 1 heterocycles. The average Bonchev–Trinajstić information content (AvgIpc) is 2.06. The van der Waals surface area contributed by atoms with Crippen molar-refractivity contribution < 1.29 is 9.30 Å². The van der Waals surface area contributed by atoms with Crippen molar-refractivity contribution in [2.45, 2.75) is 6.61 Å². The van der Waals surface area contributed by atoms with Crippen LogP contribution in [-0.2, 0) is 15.9 Å². The molecule has 0 amide bonds. The summed E-state index contributed by atoms with van der Waals surface area (Å²) in [7, 11) is -1.28. The van der Waals surface area contributed by atoms with Crippen molar-refractivity contribution in [3.8, 4) is 0 Å². The van der Waals surface area contributed by atoms with Gasteiger partial charge in [0.15, 0.2) is 5.30 Å². The van der Waals surface area contributed by atoms with E-state index in [2.05, 4.69) is 0 Å². The Labute approximate surface area is 66.0 Å². The molecule has 56 valence electrons. The number of ether oxygens (including phenoxy) is 1. The van der Waals surface area contributed by atoms with Gasteiger partial charge in [0.1, 0.15) is 0 Å². The number of hydrogen-bond donors (Lipinski definition) is 0. The lowest BCUT2D eigenvalue weighted by Crippen LogP contribution is -2.14. The van der Waals surface area contributed by atoms with E-state index in [1.807, 2.05) is 24.3 Å². The predicted molar refractivity (Wildman–Crippen MR) is 43.3 cm³/mol. The van der Waals surface area contributed by atoms with E-state index >= 15 is 0 Å². The number of fused-ring (bicyclic) bond motifs is 1. The van der Waals surface area contributed by atoms with Crippen LogP contribution in [0.4, 0.5) is 0 Å². The molecule has 0 fully saturated rings. The molecule has 0 bridgehead atoms. The van der Waals surface area contributed by atoms with E-state index < -0.39 is 7.80 Å². The van der Waals surface area contributed by atoms with Crippen LogP contribution in [-0.4, -0.2) is 6.35 Å². The summed E-state index contributed by atoms with van der Waals surface area (Å²) >= 11 is 0. The van der Waals surface area contributed by atoms with Gasteiger partial charge < -0.3 is 4.74 Å². The number of hydrogen-bond acceptors (Lipinski definition) is 2. The molecule has 1 aromatic carbocycles. The van der Waals surface area contributed by atoms with Crippen molar-refractivity contribution >= 4 is 13.1 Å². The van der Waals surface area contributed by atoms with Crippen molar-refractivity contribution in [2.24, 2.45) is 0 Å². The third-order valence-corrected chi connectivity index (χ3v) is 3.12. The molecule has 0 N–H and O–H groups in total. The topological polar surface area (TPSA) is 26.3 Å². The van der Waals surface area contributed by atoms with E-state index in [1.165, 1.54) is 0 Å². The van der Waals surface area contributed by atoms with Gasteiger partial charge in [-0.05, 0) is 6.07 Å². The first-order valence-electron chi connectivity index (χ1n) is 3.48. The van der Waals surface area contributed by atoms with Gasteiger partial charge in [0.05, 0.1) is 6.61 Å². The fraction of sp³-hybridized carbons (Fsp3) is 0.250. The minimum Gasteiger partial charge on any atom is -0.332 e. The zero-order valence-corrected chi connectivity index (χ0v) is 6.88. The molecule has 11 heavy (non-hydrogen) atoms. The first-order valence-corrected chi connectivity index (χ1v) is 4.93. The van der Waals surface area contributed by atoms with Crippen LogP contribution in [0.2, 0.25) is 0 Å². The highest BCUT2D eigenvalue weighted by Gasteiger charge is 2.27.